The van der Waals surface area contributed by atoms with E-state index in [0.717, 1.165) is 12.8 Å². The molecule has 4 heteroatoms. The van der Waals surface area contributed by atoms with Crippen LogP contribution in [0.3, 0.4) is 0 Å². The zero-order valence-corrected chi connectivity index (χ0v) is 7.70. The highest BCUT2D eigenvalue weighted by atomic mass is 19.1. The highest BCUT2D eigenvalue weighted by Gasteiger charge is 2.24. The third-order valence-electron chi connectivity index (χ3n) is 2.08. The summed E-state index contributed by atoms with van der Waals surface area (Å²) in [5.74, 6) is 5.31. The van der Waals surface area contributed by atoms with Gasteiger partial charge in [-0.25, -0.2) is 10.3 Å². The molecule has 1 fully saturated rings. The first-order valence-corrected chi connectivity index (χ1v) is 4.56. The fourth-order valence-corrected chi connectivity index (χ4v) is 1.23. The molecule has 0 spiro atoms. The molecule has 3 nitrogen and oxygen atoms in total. The lowest BCUT2D eigenvalue weighted by atomic mass is 10.2. The van der Waals surface area contributed by atoms with Gasteiger partial charge in [-0.15, -0.1) is 0 Å². The fraction of sp³-hybridized carbons (Fsp3) is 0.400. The van der Waals surface area contributed by atoms with E-state index in [1.54, 1.807) is 6.07 Å². The number of halogens is 1. The highest BCUT2D eigenvalue weighted by molar-refractivity contribution is 5.34. The van der Waals surface area contributed by atoms with Gasteiger partial charge in [-0.1, -0.05) is 0 Å². The lowest BCUT2D eigenvalue weighted by Gasteiger charge is -2.09. The van der Waals surface area contributed by atoms with Crippen LogP contribution in [0.2, 0.25) is 0 Å². The van der Waals surface area contributed by atoms with E-state index in [2.05, 4.69) is 4.84 Å². The van der Waals surface area contributed by atoms with Crippen LogP contribution in [0.4, 0.5) is 4.39 Å². The quantitative estimate of drug-likeness (QED) is 0.748. The first kappa shape index (κ1) is 9.43. The first-order valence-electron chi connectivity index (χ1n) is 4.56. The maximum absolute atomic E-state index is 12.9. The molecular formula is C10H12FNO2. The maximum Gasteiger partial charge on any atom is 0.125 e. The first-order chi connectivity index (χ1) is 6.79. The van der Waals surface area contributed by atoms with Crippen molar-refractivity contribution < 1.29 is 14.0 Å². The molecule has 1 aromatic rings. The summed E-state index contributed by atoms with van der Waals surface area (Å²) in [4.78, 5) is 4.48. The van der Waals surface area contributed by atoms with Gasteiger partial charge in [-0.05, 0) is 31.0 Å². The third kappa shape index (κ3) is 2.21. The van der Waals surface area contributed by atoms with Gasteiger partial charge in [0.15, 0.2) is 0 Å². The molecule has 0 heterocycles. The topological polar surface area (TPSA) is 44.5 Å². The largest absolute Gasteiger partial charge is 0.490 e. The number of hydrogen-bond acceptors (Lipinski definition) is 3. The van der Waals surface area contributed by atoms with Gasteiger partial charge in [0.05, 0.1) is 12.7 Å². The number of nitrogens with two attached hydrogens (primary N) is 1. The van der Waals surface area contributed by atoms with Crippen LogP contribution in [0.25, 0.3) is 0 Å². The van der Waals surface area contributed by atoms with Crippen molar-refractivity contribution in [3.63, 3.8) is 0 Å². The van der Waals surface area contributed by atoms with Gasteiger partial charge in [0.2, 0.25) is 0 Å². The summed E-state index contributed by atoms with van der Waals surface area (Å²) in [6.07, 6.45) is 2.43. The van der Waals surface area contributed by atoms with E-state index in [4.69, 9.17) is 10.6 Å². The average Bonchev–Trinajstić information content (AvgIpc) is 2.94. The van der Waals surface area contributed by atoms with Crippen molar-refractivity contribution in [3.05, 3.63) is 29.6 Å². The zero-order valence-electron chi connectivity index (χ0n) is 7.70. The number of ether oxygens (including phenoxy) is 1. The molecule has 0 aromatic heterocycles. The summed E-state index contributed by atoms with van der Waals surface area (Å²) in [6, 6.07) is 4.37. The van der Waals surface area contributed by atoms with Crippen LogP contribution in [0, 0.1) is 5.82 Å². The molecule has 1 saturated carbocycles. The molecule has 0 saturated heterocycles. The molecule has 0 radical (unpaired) electrons. The normalized spacial score (nSPS) is 15.6. The van der Waals surface area contributed by atoms with Crippen molar-refractivity contribution in [2.45, 2.75) is 25.6 Å². The van der Waals surface area contributed by atoms with Gasteiger partial charge < -0.3 is 4.74 Å². The molecule has 2 rings (SSSR count). The van der Waals surface area contributed by atoms with Crippen LogP contribution in [-0.2, 0) is 11.4 Å². The molecule has 0 aliphatic heterocycles. The second kappa shape index (κ2) is 3.94. The van der Waals surface area contributed by atoms with Gasteiger partial charge in [-0.3, -0.25) is 4.84 Å². The number of rotatable bonds is 4. The second-order valence-electron chi connectivity index (χ2n) is 3.38. The molecule has 0 atom stereocenters. The van der Waals surface area contributed by atoms with Crippen LogP contribution < -0.4 is 10.6 Å². The van der Waals surface area contributed by atoms with Crippen LogP contribution in [0.5, 0.6) is 5.75 Å². The predicted octanol–water partition coefficient (Wildman–Crippen LogP) is 1.76. The summed E-state index contributed by atoms with van der Waals surface area (Å²) in [5, 5.41) is 0. The molecule has 1 aliphatic carbocycles. The zero-order chi connectivity index (χ0) is 9.97. The monoisotopic (exact) mass is 197 g/mol. The Bertz CT molecular complexity index is 326. The molecule has 0 unspecified atom stereocenters. The van der Waals surface area contributed by atoms with Crippen molar-refractivity contribution in [2.24, 2.45) is 5.90 Å². The lowest BCUT2D eigenvalue weighted by molar-refractivity contribution is 0.120. The number of hydrogen-bond donors (Lipinski definition) is 1. The average molecular weight is 197 g/mol. The summed E-state index contributed by atoms with van der Waals surface area (Å²) >= 11 is 0. The van der Waals surface area contributed by atoms with E-state index in [0.29, 0.717) is 11.3 Å². The van der Waals surface area contributed by atoms with Crippen LogP contribution >= 0.6 is 0 Å². The van der Waals surface area contributed by atoms with Crippen LogP contribution in [0.15, 0.2) is 18.2 Å². The highest BCUT2D eigenvalue weighted by Crippen LogP contribution is 2.29. The Morgan fingerprint density at radius 2 is 2.21 bits per heavy atom. The summed E-state index contributed by atoms with van der Waals surface area (Å²) in [6.45, 7) is 0.166. The van der Waals surface area contributed by atoms with E-state index in [1.807, 2.05) is 0 Å². The summed E-state index contributed by atoms with van der Waals surface area (Å²) < 4.78 is 18.4. The standard InChI is InChI=1S/C10H12FNO2/c11-8-1-4-10(14-9-2-3-9)7(5-8)6-13-12/h1,4-5,9H,2-3,6,12H2. The fourth-order valence-electron chi connectivity index (χ4n) is 1.23. The molecule has 1 aromatic carbocycles. The minimum absolute atomic E-state index is 0.166. The van der Waals surface area contributed by atoms with E-state index in [-0.39, 0.29) is 18.5 Å². The van der Waals surface area contributed by atoms with Crippen molar-refractivity contribution in [1.82, 2.24) is 0 Å². The Morgan fingerprint density at radius 1 is 1.43 bits per heavy atom. The Hall–Kier alpha value is -1.13. The van der Waals surface area contributed by atoms with Gasteiger partial charge in [-0.2, -0.15) is 0 Å². The van der Waals surface area contributed by atoms with Crippen molar-refractivity contribution >= 4 is 0 Å². The van der Waals surface area contributed by atoms with Crippen LogP contribution in [0.1, 0.15) is 18.4 Å². The molecule has 14 heavy (non-hydrogen) atoms. The van der Waals surface area contributed by atoms with Gasteiger partial charge in [0.25, 0.3) is 0 Å². The number of benzene rings is 1. The molecule has 1 aliphatic rings. The van der Waals surface area contributed by atoms with Crippen LogP contribution in [-0.4, -0.2) is 6.10 Å². The van der Waals surface area contributed by atoms with E-state index >= 15 is 0 Å². The minimum atomic E-state index is -0.305. The molecule has 76 valence electrons. The summed E-state index contributed by atoms with van der Waals surface area (Å²) in [7, 11) is 0. The van der Waals surface area contributed by atoms with Crippen molar-refractivity contribution in [2.75, 3.05) is 0 Å². The lowest BCUT2D eigenvalue weighted by Crippen LogP contribution is -2.04. The van der Waals surface area contributed by atoms with Gasteiger partial charge >= 0.3 is 0 Å². The van der Waals surface area contributed by atoms with E-state index < -0.39 is 0 Å². The molecule has 2 N–H and O–H groups in total. The Kier molecular flexibility index (Phi) is 2.65. The Morgan fingerprint density at radius 3 is 2.86 bits per heavy atom. The van der Waals surface area contributed by atoms with Crippen molar-refractivity contribution in [1.29, 1.82) is 0 Å². The second-order valence-corrected chi connectivity index (χ2v) is 3.38. The molecule has 0 bridgehead atoms. The maximum atomic E-state index is 12.9. The van der Waals surface area contributed by atoms with E-state index in [1.165, 1.54) is 12.1 Å². The Labute approximate surface area is 81.6 Å². The minimum Gasteiger partial charge on any atom is -0.490 e. The molecule has 0 amide bonds. The van der Waals surface area contributed by atoms with E-state index in [9.17, 15) is 4.39 Å². The van der Waals surface area contributed by atoms with Crippen molar-refractivity contribution in [3.8, 4) is 5.75 Å². The predicted molar refractivity (Wildman–Crippen MR) is 49.0 cm³/mol. The third-order valence-corrected chi connectivity index (χ3v) is 2.08. The molecular weight excluding hydrogens is 185 g/mol. The Balaban J connectivity index is 2.17. The van der Waals surface area contributed by atoms with Gasteiger partial charge in [0.1, 0.15) is 11.6 Å². The smallest absolute Gasteiger partial charge is 0.125 e. The SMILES string of the molecule is NOCc1cc(F)ccc1OC1CC1. The summed E-state index contributed by atoms with van der Waals surface area (Å²) in [5.41, 5.74) is 0.652. The van der Waals surface area contributed by atoms with Gasteiger partial charge in [0, 0.05) is 5.56 Å².